The van der Waals surface area contributed by atoms with Crippen LogP contribution in [-0.2, 0) is 33.4 Å². The molecule has 0 aromatic carbocycles. The summed E-state index contributed by atoms with van der Waals surface area (Å²) < 4.78 is 50.7. The summed E-state index contributed by atoms with van der Waals surface area (Å²) in [5.74, 6) is -1.27. The van der Waals surface area contributed by atoms with Crippen molar-refractivity contribution in [1.29, 1.82) is 0 Å². The first-order valence-electron chi connectivity index (χ1n) is 14.2. The molecule has 7 nitrogen and oxygen atoms in total. The summed E-state index contributed by atoms with van der Waals surface area (Å²) in [4.78, 5) is 44.7. The van der Waals surface area contributed by atoms with Crippen LogP contribution in [0.5, 0.6) is 0 Å². The molecule has 284 valence electrons. The van der Waals surface area contributed by atoms with Crippen molar-refractivity contribution in [3.8, 4) is 0 Å². The van der Waals surface area contributed by atoms with Crippen LogP contribution in [-0.4, -0.2) is 48.7 Å². The van der Waals surface area contributed by atoms with E-state index >= 15 is 0 Å². The van der Waals surface area contributed by atoms with E-state index in [4.69, 9.17) is 9.47 Å². The van der Waals surface area contributed by atoms with E-state index in [1.54, 1.807) is 34.6 Å². The first-order chi connectivity index (χ1) is 18.1. The van der Waals surface area contributed by atoms with Gasteiger partial charge in [-0.15, -0.1) is 0 Å². The number of hydrogen-bond acceptors (Lipinski definition) is 7. The van der Waals surface area contributed by atoms with Crippen LogP contribution in [0.3, 0.4) is 0 Å². The average Bonchev–Trinajstić information content (AvgIpc) is 2.87. The minimum atomic E-state index is -4.49. The number of halogens is 3. The zero-order valence-electron chi connectivity index (χ0n) is 26.5. The van der Waals surface area contributed by atoms with Gasteiger partial charge in [-0.25, -0.2) is 0 Å². The summed E-state index contributed by atoms with van der Waals surface area (Å²) in [5.41, 5.74) is -1.65. The molecule has 46 heavy (non-hydrogen) atoms. The summed E-state index contributed by atoms with van der Waals surface area (Å²) in [6.07, 6.45) is 1.51. The highest BCUT2D eigenvalue weighted by atomic mass is 19.4. The van der Waals surface area contributed by atoms with E-state index in [2.05, 4.69) is 4.74 Å². The Labute approximate surface area is 283 Å². The Morgan fingerprint density at radius 2 is 1.00 bits per heavy atom. The van der Waals surface area contributed by atoms with E-state index < -0.39 is 29.1 Å². The number of alkyl halides is 3. The minimum Gasteiger partial charge on any atom is -0.462 e. The van der Waals surface area contributed by atoms with E-state index in [9.17, 15) is 32.3 Å². The predicted octanol–water partition coefficient (Wildman–Crippen LogP) is 11.6. The summed E-state index contributed by atoms with van der Waals surface area (Å²) in [5, 5.41) is 0. The highest BCUT2D eigenvalue weighted by molar-refractivity contribution is 5.82. The molecule has 1 aliphatic rings. The Morgan fingerprint density at radius 3 is 1.33 bits per heavy atom. The van der Waals surface area contributed by atoms with Gasteiger partial charge in [0.25, 0.3) is 0 Å². The lowest BCUT2D eigenvalue weighted by Crippen LogP contribution is -2.36. The number of rotatable bonds is 10. The zero-order valence-corrected chi connectivity index (χ0v) is 26.5. The number of carbonyl (C=O) groups excluding carboxylic acids is 4. The van der Waals surface area contributed by atoms with Crippen molar-refractivity contribution in [3.63, 3.8) is 0 Å². The van der Waals surface area contributed by atoms with Crippen molar-refractivity contribution < 1.29 is 46.6 Å². The summed E-state index contributed by atoms with van der Waals surface area (Å²) in [7, 11) is 0. The SMILES string of the molecule is C.C.C.C.C.C.CCC(C)(C)C(=O)OC(C)C(F)(F)F.CCC(C)(C)C(=O)OC1CCCCC1.CCC(C)(C)C(=O)OCC(C)=O. The van der Waals surface area contributed by atoms with Gasteiger partial charge < -0.3 is 14.2 Å². The molecule has 0 N–H and O–H groups in total. The third kappa shape index (κ3) is 26.0. The van der Waals surface area contributed by atoms with Gasteiger partial charge in [-0.2, -0.15) is 13.2 Å². The monoisotopic (exact) mass is 679 g/mol. The number of ether oxygens (including phenoxy) is 3. The number of hydrogen-bond donors (Lipinski definition) is 0. The molecular weight excluding hydrogens is 601 g/mol. The van der Waals surface area contributed by atoms with E-state index in [1.165, 1.54) is 26.2 Å². The van der Waals surface area contributed by atoms with Crippen LogP contribution in [0.15, 0.2) is 0 Å². The second-order valence-corrected chi connectivity index (χ2v) is 12.2. The van der Waals surface area contributed by atoms with Gasteiger partial charge in [0.1, 0.15) is 12.7 Å². The normalized spacial score (nSPS) is 13.3. The van der Waals surface area contributed by atoms with Gasteiger partial charge in [0.05, 0.1) is 16.2 Å². The third-order valence-electron chi connectivity index (χ3n) is 7.29. The molecule has 0 spiro atoms. The van der Waals surface area contributed by atoms with Crippen LogP contribution in [0.4, 0.5) is 13.2 Å². The maximum absolute atomic E-state index is 12.0. The second-order valence-electron chi connectivity index (χ2n) is 12.2. The summed E-state index contributed by atoms with van der Waals surface area (Å²) in [6, 6.07) is 0. The van der Waals surface area contributed by atoms with Gasteiger partial charge in [-0.3, -0.25) is 19.2 Å². The Morgan fingerprint density at radius 1 is 0.652 bits per heavy atom. The van der Waals surface area contributed by atoms with Crippen LogP contribution in [0.2, 0.25) is 0 Å². The van der Waals surface area contributed by atoms with Crippen molar-refractivity contribution in [2.45, 2.75) is 190 Å². The smallest absolute Gasteiger partial charge is 0.425 e. The molecule has 0 aromatic rings. The predicted molar refractivity (Wildman–Crippen MR) is 189 cm³/mol. The first kappa shape index (κ1) is 62.7. The van der Waals surface area contributed by atoms with Crippen LogP contribution >= 0.6 is 0 Å². The molecule has 0 radical (unpaired) electrons. The summed E-state index contributed by atoms with van der Waals surface area (Å²) in [6.45, 7) is 18.4. The third-order valence-corrected chi connectivity index (χ3v) is 7.29. The Balaban J connectivity index is -0.0000000739. The Bertz CT molecular complexity index is 798. The van der Waals surface area contributed by atoms with E-state index in [-0.39, 0.29) is 80.4 Å². The Kier molecular flexibility index (Phi) is 38.1. The fourth-order valence-electron chi connectivity index (χ4n) is 2.68. The molecule has 0 bridgehead atoms. The van der Waals surface area contributed by atoms with E-state index in [1.807, 2.05) is 27.7 Å². The molecule has 0 saturated heterocycles. The molecule has 1 atom stereocenters. The number of Topliss-reactive ketones (excluding diaryl/α,β-unsaturated/α-hetero) is 1. The second kappa shape index (κ2) is 27.9. The van der Waals surface area contributed by atoms with Gasteiger partial charge >= 0.3 is 24.1 Å². The molecule has 1 unspecified atom stereocenters. The van der Waals surface area contributed by atoms with Crippen molar-refractivity contribution in [2.24, 2.45) is 16.2 Å². The van der Waals surface area contributed by atoms with Crippen molar-refractivity contribution in [1.82, 2.24) is 0 Å². The molecule has 1 fully saturated rings. The molecule has 0 amide bonds. The molecular formula is C36H77F3O7. The quantitative estimate of drug-likeness (QED) is 0.167. The van der Waals surface area contributed by atoms with E-state index in [0.29, 0.717) is 12.8 Å². The molecule has 10 heteroatoms. The molecule has 0 heterocycles. The standard InChI is InChI=1S/C12H22O2.C9H15F3O2.C9H16O3.6CH4/c1-4-12(2,3)11(13)14-10-8-6-5-7-9-10;1-5-8(3,4)7(13)14-6(2)9(10,11)12;1-5-9(3,4)8(11)12-6-7(2)10;;;;;;/h10H,4-9H2,1-3H3;6H,5H2,1-4H3;5-6H2,1-4H3;6*1H4. The maximum atomic E-state index is 12.0. The maximum Gasteiger partial charge on any atom is 0.425 e. The average molecular weight is 679 g/mol. The molecule has 1 aliphatic carbocycles. The fraction of sp³-hybridized carbons (Fsp3) is 0.889. The number of carbonyl (C=O) groups is 4. The van der Waals surface area contributed by atoms with E-state index in [0.717, 1.165) is 26.2 Å². The number of esters is 3. The van der Waals surface area contributed by atoms with Crippen LogP contribution in [0.1, 0.15) is 172 Å². The molecule has 1 rings (SSSR count). The van der Waals surface area contributed by atoms with Crippen LogP contribution in [0, 0.1) is 16.2 Å². The van der Waals surface area contributed by atoms with Crippen LogP contribution < -0.4 is 0 Å². The highest BCUT2D eigenvalue weighted by Gasteiger charge is 2.41. The van der Waals surface area contributed by atoms with Gasteiger partial charge in [0.2, 0.25) is 0 Å². The topological polar surface area (TPSA) is 96.0 Å². The van der Waals surface area contributed by atoms with Crippen molar-refractivity contribution in [3.05, 3.63) is 0 Å². The van der Waals surface area contributed by atoms with Crippen LogP contribution in [0.25, 0.3) is 0 Å². The van der Waals surface area contributed by atoms with Gasteiger partial charge in [0, 0.05) is 0 Å². The van der Waals surface area contributed by atoms with Gasteiger partial charge in [-0.1, -0.05) is 71.8 Å². The highest BCUT2D eigenvalue weighted by Crippen LogP contribution is 2.28. The lowest BCUT2D eigenvalue weighted by Gasteiger charge is -2.27. The molecule has 0 aliphatic heterocycles. The first-order valence-corrected chi connectivity index (χ1v) is 14.2. The largest absolute Gasteiger partial charge is 0.462 e. The summed E-state index contributed by atoms with van der Waals surface area (Å²) >= 11 is 0. The Hall–Kier alpha value is -2.13. The lowest BCUT2D eigenvalue weighted by atomic mass is 9.90. The van der Waals surface area contributed by atoms with Crippen molar-refractivity contribution in [2.75, 3.05) is 6.61 Å². The fourth-order valence-corrected chi connectivity index (χ4v) is 2.68. The molecule has 0 aromatic heterocycles. The van der Waals surface area contributed by atoms with Crippen molar-refractivity contribution >= 4 is 23.7 Å². The van der Waals surface area contributed by atoms with Gasteiger partial charge in [-0.05, 0) is 100 Å². The lowest BCUT2D eigenvalue weighted by molar-refractivity contribution is -0.221. The molecule has 1 saturated carbocycles. The minimum absolute atomic E-state index is 0. The number of ketones is 1. The van der Waals surface area contributed by atoms with Gasteiger partial charge in [0.15, 0.2) is 11.9 Å². The zero-order chi connectivity index (χ0) is 31.9.